The van der Waals surface area contributed by atoms with Gasteiger partial charge in [-0.05, 0) is 48.9 Å². The first-order chi connectivity index (χ1) is 15.5. The van der Waals surface area contributed by atoms with Gasteiger partial charge < -0.3 is 13.8 Å². The van der Waals surface area contributed by atoms with Gasteiger partial charge in [-0.1, -0.05) is 17.3 Å². The summed E-state index contributed by atoms with van der Waals surface area (Å²) < 4.78 is 27.5. The van der Waals surface area contributed by atoms with Gasteiger partial charge in [0.1, 0.15) is 18.2 Å². The van der Waals surface area contributed by atoms with Gasteiger partial charge in [0.2, 0.25) is 5.76 Å². The van der Waals surface area contributed by atoms with E-state index in [0.29, 0.717) is 23.0 Å². The number of ether oxygens (including phenoxy) is 1. The number of hydrogen-bond donors (Lipinski definition) is 0. The number of rotatable bonds is 5. The summed E-state index contributed by atoms with van der Waals surface area (Å²) >= 11 is 0. The highest BCUT2D eigenvalue weighted by Crippen LogP contribution is 2.26. The van der Waals surface area contributed by atoms with Crippen molar-refractivity contribution in [1.29, 1.82) is 0 Å². The molecule has 0 atom stereocenters. The minimum Gasteiger partial charge on any atom is -0.489 e. The van der Waals surface area contributed by atoms with E-state index in [1.165, 1.54) is 22.8 Å². The molecule has 7 nitrogen and oxygen atoms in total. The Balaban J connectivity index is 1.42. The molecular formula is C24H19FN4O3. The monoisotopic (exact) mass is 430 g/mol. The molecule has 0 saturated heterocycles. The fraction of sp³-hybridized carbons (Fsp3) is 0.125. The van der Waals surface area contributed by atoms with Crippen LogP contribution in [0.25, 0.3) is 28.3 Å². The van der Waals surface area contributed by atoms with Crippen molar-refractivity contribution >= 4 is 11.0 Å². The molecule has 3 aromatic heterocycles. The van der Waals surface area contributed by atoms with E-state index >= 15 is 0 Å². The summed E-state index contributed by atoms with van der Waals surface area (Å²) in [6, 6.07) is 16.6. The van der Waals surface area contributed by atoms with E-state index in [2.05, 4.69) is 10.1 Å². The van der Waals surface area contributed by atoms with Gasteiger partial charge in [-0.3, -0.25) is 9.36 Å². The highest BCUT2D eigenvalue weighted by atomic mass is 19.1. The fourth-order valence-corrected chi connectivity index (χ4v) is 3.53. The number of fused-ring (bicyclic) bond motifs is 1. The lowest BCUT2D eigenvalue weighted by Gasteiger charge is -2.09. The number of benzene rings is 2. The van der Waals surface area contributed by atoms with Crippen LogP contribution in [0.4, 0.5) is 4.39 Å². The number of imidazole rings is 1. The molecule has 0 fully saturated rings. The standard InChI is InChI=1S/C24H19FN4O3/c1-15-11-22(32-27-15)24-26-20-8-7-18(12-21(20)28(24)2)29-10-9-19(13-23(29)30)31-14-16-3-5-17(25)6-4-16/h3-13H,14H2,1-2H3. The van der Waals surface area contributed by atoms with Crippen molar-refractivity contribution in [3.8, 4) is 23.0 Å². The first kappa shape index (κ1) is 19.7. The van der Waals surface area contributed by atoms with Gasteiger partial charge in [-0.2, -0.15) is 0 Å². The van der Waals surface area contributed by atoms with Gasteiger partial charge in [0.05, 0.1) is 22.4 Å². The van der Waals surface area contributed by atoms with Crippen LogP contribution in [-0.2, 0) is 13.7 Å². The quantitative estimate of drug-likeness (QED) is 0.413. The predicted octanol–water partition coefficient (Wildman–Crippen LogP) is 4.41. The average Bonchev–Trinajstić information content (AvgIpc) is 3.36. The second-order valence-corrected chi connectivity index (χ2v) is 7.49. The lowest BCUT2D eigenvalue weighted by Crippen LogP contribution is -2.16. The molecule has 0 saturated carbocycles. The molecule has 0 radical (unpaired) electrons. The van der Waals surface area contributed by atoms with Crippen LogP contribution in [-0.4, -0.2) is 19.3 Å². The Kier molecular flexibility index (Phi) is 4.82. The van der Waals surface area contributed by atoms with E-state index < -0.39 is 0 Å². The smallest absolute Gasteiger partial charge is 0.258 e. The molecule has 0 spiro atoms. The van der Waals surface area contributed by atoms with Gasteiger partial charge in [0.15, 0.2) is 5.82 Å². The minimum absolute atomic E-state index is 0.228. The van der Waals surface area contributed by atoms with Crippen molar-refractivity contribution in [1.82, 2.24) is 19.3 Å². The van der Waals surface area contributed by atoms with E-state index in [0.717, 1.165) is 22.3 Å². The first-order valence-electron chi connectivity index (χ1n) is 9.98. The highest BCUT2D eigenvalue weighted by Gasteiger charge is 2.15. The highest BCUT2D eigenvalue weighted by molar-refractivity contribution is 5.81. The molecule has 0 unspecified atom stereocenters. The molecule has 0 aliphatic carbocycles. The number of pyridine rings is 1. The van der Waals surface area contributed by atoms with Gasteiger partial charge in [0.25, 0.3) is 5.56 Å². The molecule has 0 aliphatic rings. The van der Waals surface area contributed by atoms with Crippen LogP contribution in [0.1, 0.15) is 11.3 Å². The van der Waals surface area contributed by atoms with Gasteiger partial charge in [-0.25, -0.2) is 9.37 Å². The number of halogens is 1. The Bertz CT molecular complexity index is 1480. The van der Waals surface area contributed by atoms with Crippen molar-refractivity contribution in [2.45, 2.75) is 13.5 Å². The molecule has 0 bridgehead atoms. The third kappa shape index (κ3) is 3.66. The van der Waals surface area contributed by atoms with Crippen molar-refractivity contribution in [3.63, 3.8) is 0 Å². The molecule has 5 aromatic rings. The zero-order valence-corrected chi connectivity index (χ0v) is 17.4. The van der Waals surface area contributed by atoms with Crippen molar-refractivity contribution in [3.05, 3.63) is 94.3 Å². The molecule has 32 heavy (non-hydrogen) atoms. The molecular weight excluding hydrogens is 411 g/mol. The molecule has 0 aliphatic heterocycles. The van der Waals surface area contributed by atoms with Crippen LogP contribution in [0.15, 0.2) is 76.2 Å². The van der Waals surface area contributed by atoms with Crippen LogP contribution in [0, 0.1) is 12.7 Å². The van der Waals surface area contributed by atoms with Crippen molar-refractivity contribution in [2.24, 2.45) is 7.05 Å². The number of aromatic nitrogens is 4. The van der Waals surface area contributed by atoms with Gasteiger partial charge in [0, 0.05) is 25.4 Å². The molecule has 160 valence electrons. The summed E-state index contributed by atoms with van der Waals surface area (Å²) in [7, 11) is 1.89. The van der Waals surface area contributed by atoms with Gasteiger partial charge in [-0.15, -0.1) is 0 Å². The Hall–Kier alpha value is -4.20. The van der Waals surface area contributed by atoms with Crippen LogP contribution < -0.4 is 10.3 Å². The summed E-state index contributed by atoms with van der Waals surface area (Å²) in [4.78, 5) is 17.4. The Morgan fingerprint density at radius 2 is 1.88 bits per heavy atom. The van der Waals surface area contributed by atoms with Crippen LogP contribution in [0.2, 0.25) is 0 Å². The SMILES string of the molecule is Cc1cc(-c2nc3ccc(-n4ccc(OCc5ccc(F)cc5)cc4=O)cc3n2C)on1. The van der Waals surface area contributed by atoms with E-state index in [1.54, 1.807) is 24.4 Å². The Morgan fingerprint density at radius 1 is 1.06 bits per heavy atom. The topological polar surface area (TPSA) is 75.1 Å². The van der Waals surface area contributed by atoms with Crippen LogP contribution in [0.3, 0.4) is 0 Å². The molecule has 8 heteroatoms. The number of aryl methyl sites for hydroxylation is 2. The molecule has 0 N–H and O–H groups in total. The summed E-state index contributed by atoms with van der Waals surface area (Å²) in [5.74, 6) is 1.39. The molecule has 0 amide bonds. The second kappa shape index (κ2) is 7.81. The van der Waals surface area contributed by atoms with Crippen molar-refractivity contribution in [2.75, 3.05) is 0 Å². The summed E-state index contributed by atoms with van der Waals surface area (Å²) in [6.45, 7) is 2.10. The molecule has 2 aromatic carbocycles. The predicted molar refractivity (Wildman–Crippen MR) is 117 cm³/mol. The Labute approximate surface area is 182 Å². The zero-order valence-electron chi connectivity index (χ0n) is 17.4. The maximum absolute atomic E-state index is 13.0. The first-order valence-corrected chi connectivity index (χ1v) is 9.98. The fourth-order valence-electron chi connectivity index (χ4n) is 3.53. The lowest BCUT2D eigenvalue weighted by atomic mass is 10.2. The normalized spacial score (nSPS) is 11.2. The molecule has 3 heterocycles. The van der Waals surface area contributed by atoms with E-state index in [1.807, 2.05) is 42.8 Å². The van der Waals surface area contributed by atoms with E-state index in [9.17, 15) is 9.18 Å². The van der Waals surface area contributed by atoms with Crippen LogP contribution in [0.5, 0.6) is 5.75 Å². The summed E-state index contributed by atoms with van der Waals surface area (Å²) in [6.07, 6.45) is 1.67. The maximum atomic E-state index is 13.0. The van der Waals surface area contributed by atoms with E-state index in [-0.39, 0.29) is 18.0 Å². The summed E-state index contributed by atoms with van der Waals surface area (Å²) in [5.41, 5.74) is 3.71. The molecule has 5 rings (SSSR count). The third-order valence-corrected chi connectivity index (χ3v) is 5.20. The van der Waals surface area contributed by atoms with E-state index in [4.69, 9.17) is 9.26 Å². The van der Waals surface area contributed by atoms with Crippen molar-refractivity contribution < 1.29 is 13.7 Å². The zero-order chi connectivity index (χ0) is 22.2. The third-order valence-electron chi connectivity index (χ3n) is 5.20. The number of hydrogen-bond acceptors (Lipinski definition) is 5. The Morgan fingerprint density at radius 3 is 2.59 bits per heavy atom. The summed E-state index contributed by atoms with van der Waals surface area (Å²) in [5, 5.41) is 3.93. The second-order valence-electron chi connectivity index (χ2n) is 7.49. The number of nitrogens with zero attached hydrogens (tertiary/aromatic N) is 4. The van der Waals surface area contributed by atoms with Crippen LogP contribution >= 0.6 is 0 Å². The maximum Gasteiger partial charge on any atom is 0.258 e. The van der Waals surface area contributed by atoms with Gasteiger partial charge >= 0.3 is 0 Å². The largest absolute Gasteiger partial charge is 0.489 e. The average molecular weight is 430 g/mol. The minimum atomic E-state index is -0.301. The lowest BCUT2D eigenvalue weighted by molar-refractivity contribution is 0.305.